The molecule has 8 heteroatoms. The van der Waals surface area contributed by atoms with Crippen LogP contribution in [0.3, 0.4) is 0 Å². The number of benzene rings is 3. The van der Waals surface area contributed by atoms with Crippen LogP contribution in [0.2, 0.25) is 5.02 Å². The van der Waals surface area contributed by atoms with Crippen molar-refractivity contribution >= 4 is 23.2 Å². The number of nitro benzene ring substituents is 1. The van der Waals surface area contributed by atoms with Gasteiger partial charge >= 0.3 is 5.69 Å². The van der Waals surface area contributed by atoms with E-state index < -0.39 is 4.92 Å². The molecule has 0 aliphatic heterocycles. The molecule has 148 valence electrons. The molecule has 7 nitrogen and oxygen atoms in total. The first kappa shape index (κ1) is 20.2. The van der Waals surface area contributed by atoms with E-state index in [4.69, 9.17) is 21.1 Å². The minimum atomic E-state index is -0.592. The maximum absolute atomic E-state index is 12.5. The van der Waals surface area contributed by atoms with Crippen LogP contribution >= 0.6 is 11.6 Å². The van der Waals surface area contributed by atoms with Gasteiger partial charge in [-0.3, -0.25) is 14.9 Å². The molecular formula is C21H17ClN2O5. The van der Waals surface area contributed by atoms with E-state index in [1.54, 1.807) is 24.3 Å². The molecule has 0 unspecified atom stereocenters. The van der Waals surface area contributed by atoms with E-state index in [-0.39, 0.29) is 40.2 Å². The van der Waals surface area contributed by atoms with Crippen molar-refractivity contribution in [3.8, 4) is 17.2 Å². The predicted octanol–water partition coefficient (Wildman–Crippen LogP) is 4.85. The third-order valence-electron chi connectivity index (χ3n) is 3.87. The van der Waals surface area contributed by atoms with E-state index in [1.165, 1.54) is 18.2 Å². The number of nitrogens with zero attached hydrogens (tertiary/aromatic N) is 1. The number of carbonyl (C=O) groups is 1. The molecule has 0 aliphatic rings. The SMILES string of the molecule is O=C(NCCOc1ccccc1)c1ccccc1Oc1ccc(Cl)cc1[N+](=O)[O-]. The normalized spacial score (nSPS) is 10.2. The molecule has 29 heavy (non-hydrogen) atoms. The summed E-state index contributed by atoms with van der Waals surface area (Å²) in [6, 6.07) is 19.8. The highest BCUT2D eigenvalue weighted by molar-refractivity contribution is 6.30. The van der Waals surface area contributed by atoms with Gasteiger partial charge in [-0.1, -0.05) is 41.9 Å². The zero-order chi connectivity index (χ0) is 20.6. The Balaban J connectivity index is 1.67. The van der Waals surface area contributed by atoms with Gasteiger partial charge < -0.3 is 14.8 Å². The van der Waals surface area contributed by atoms with Crippen molar-refractivity contribution in [2.24, 2.45) is 0 Å². The van der Waals surface area contributed by atoms with E-state index in [0.29, 0.717) is 12.4 Å². The fourth-order valence-corrected chi connectivity index (χ4v) is 2.69. The van der Waals surface area contributed by atoms with Crippen LogP contribution in [0.5, 0.6) is 17.2 Å². The van der Waals surface area contributed by atoms with Gasteiger partial charge in [-0.15, -0.1) is 0 Å². The van der Waals surface area contributed by atoms with Gasteiger partial charge in [0.05, 0.1) is 17.0 Å². The third kappa shape index (κ3) is 5.46. The number of nitro groups is 1. The topological polar surface area (TPSA) is 90.7 Å². The van der Waals surface area contributed by atoms with Crippen LogP contribution in [0.25, 0.3) is 0 Å². The highest BCUT2D eigenvalue weighted by atomic mass is 35.5. The van der Waals surface area contributed by atoms with Gasteiger partial charge in [-0.2, -0.15) is 0 Å². The van der Waals surface area contributed by atoms with Crippen molar-refractivity contribution in [2.45, 2.75) is 0 Å². The van der Waals surface area contributed by atoms with Gasteiger partial charge in [-0.25, -0.2) is 0 Å². The molecule has 1 N–H and O–H groups in total. The zero-order valence-corrected chi connectivity index (χ0v) is 16.0. The third-order valence-corrected chi connectivity index (χ3v) is 4.10. The smallest absolute Gasteiger partial charge is 0.313 e. The lowest BCUT2D eigenvalue weighted by Crippen LogP contribution is -2.28. The van der Waals surface area contributed by atoms with E-state index in [0.717, 1.165) is 0 Å². The van der Waals surface area contributed by atoms with E-state index in [2.05, 4.69) is 5.32 Å². The Morgan fingerprint density at radius 2 is 1.72 bits per heavy atom. The highest BCUT2D eigenvalue weighted by Crippen LogP contribution is 2.34. The van der Waals surface area contributed by atoms with Crippen molar-refractivity contribution in [1.82, 2.24) is 5.32 Å². The van der Waals surface area contributed by atoms with Crippen LogP contribution in [0.1, 0.15) is 10.4 Å². The summed E-state index contributed by atoms with van der Waals surface area (Å²) in [6.45, 7) is 0.574. The number of hydrogen-bond acceptors (Lipinski definition) is 5. The maximum atomic E-state index is 12.5. The fraction of sp³-hybridized carbons (Fsp3) is 0.0952. The molecule has 0 aromatic heterocycles. The van der Waals surface area contributed by atoms with Crippen molar-refractivity contribution < 1.29 is 19.2 Å². The Morgan fingerprint density at radius 3 is 2.48 bits per heavy atom. The monoisotopic (exact) mass is 412 g/mol. The molecule has 0 heterocycles. The van der Waals surface area contributed by atoms with Crippen molar-refractivity contribution in [3.05, 3.63) is 93.5 Å². The summed E-state index contributed by atoms with van der Waals surface area (Å²) in [7, 11) is 0. The van der Waals surface area contributed by atoms with Crippen LogP contribution < -0.4 is 14.8 Å². The second kappa shape index (κ2) is 9.57. The lowest BCUT2D eigenvalue weighted by Gasteiger charge is -2.12. The molecule has 0 aliphatic carbocycles. The fourth-order valence-electron chi connectivity index (χ4n) is 2.53. The maximum Gasteiger partial charge on any atom is 0.313 e. The van der Waals surface area contributed by atoms with Gasteiger partial charge in [0.25, 0.3) is 5.91 Å². The van der Waals surface area contributed by atoms with E-state index in [1.807, 2.05) is 30.3 Å². The molecule has 0 bridgehead atoms. The van der Waals surface area contributed by atoms with Crippen molar-refractivity contribution in [1.29, 1.82) is 0 Å². The van der Waals surface area contributed by atoms with Gasteiger partial charge in [0, 0.05) is 11.1 Å². The molecule has 3 aromatic carbocycles. The van der Waals surface area contributed by atoms with Gasteiger partial charge in [-0.05, 0) is 36.4 Å². The second-order valence-corrected chi connectivity index (χ2v) is 6.32. The summed E-state index contributed by atoms with van der Waals surface area (Å²) >= 11 is 5.82. The van der Waals surface area contributed by atoms with Crippen molar-refractivity contribution in [2.75, 3.05) is 13.2 Å². The van der Waals surface area contributed by atoms with Crippen molar-refractivity contribution in [3.63, 3.8) is 0 Å². The van der Waals surface area contributed by atoms with Crippen LogP contribution in [-0.2, 0) is 0 Å². The zero-order valence-electron chi connectivity index (χ0n) is 15.2. The summed E-state index contributed by atoms with van der Waals surface area (Å²) in [5.41, 5.74) is -0.0413. The molecular weight excluding hydrogens is 396 g/mol. The Kier molecular flexibility index (Phi) is 6.65. The summed E-state index contributed by atoms with van der Waals surface area (Å²) in [5, 5.41) is 14.2. The van der Waals surface area contributed by atoms with Crippen LogP contribution in [0.4, 0.5) is 5.69 Å². The number of carbonyl (C=O) groups excluding carboxylic acids is 1. The summed E-state index contributed by atoms with van der Waals surface area (Å²) in [5.74, 6) is 0.515. The molecule has 3 aromatic rings. The average molecular weight is 413 g/mol. The minimum Gasteiger partial charge on any atom is -0.492 e. The minimum absolute atomic E-state index is 0.00735. The Morgan fingerprint density at radius 1 is 1.00 bits per heavy atom. The number of nitrogens with one attached hydrogen (secondary N) is 1. The first-order valence-corrected chi connectivity index (χ1v) is 9.09. The number of para-hydroxylation sites is 2. The van der Waals surface area contributed by atoms with E-state index in [9.17, 15) is 14.9 Å². The number of amides is 1. The van der Waals surface area contributed by atoms with Gasteiger partial charge in [0.1, 0.15) is 18.1 Å². The number of halogens is 1. The average Bonchev–Trinajstić information content (AvgIpc) is 2.73. The lowest BCUT2D eigenvalue weighted by molar-refractivity contribution is -0.385. The number of ether oxygens (including phenoxy) is 2. The largest absolute Gasteiger partial charge is 0.492 e. The van der Waals surface area contributed by atoms with E-state index >= 15 is 0 Å². The highest BCUT2D eigenvalue weighted by Gasteiger charge is 2.19. The predicted molar refractivity (Wildman–Crippen MR) is 109 cm³/mol. The van der Waals surface area contributed by atoms with Crippen LogP contribution in [0.15, 0.2) is 72.8 Å². The molecule has 0 saturated carbocycles. The molecule has 0 atom stereocenters. The van der Waals surface area contributed by atoms with Gasteiger partial charge in [0.15, 0.2) is 0 Å². The summed E-state index contributed by atoms with van der Waals surface area (Å²) in [6.07, 6.45) is 0. The Labute approximate surface area is 172 Å². The number of hydrogen-bond donors (Lipinski definition) is 1. The summed E-state index contributed by atoms with van der Waals surface area (Å²) < 4.78 is 11.2. The quantitative estimate of drug-likeness (QED) is 0.324. The second-order valence-electron chi connectivity index (χ2n) is 5.88. The summed E-state index contributed by atoms with van der Waals surface area (Å²) in [4.78, 5) is 23.2. The molecule has 1 amide bonds. The molecule has 0 spiro atoms. The van der Waals surface area contributed by atoms with Gasteiger partial charge in [0.2, 0.25) is 5.75 Å². The first-order valence-electron chi connectivity index (χ1n) is 8.71. The molecule has 0 radical (unpaired) electrons. The number of rotatable bonds is 8. The lowest BCUT2D eigenvalue weighted by atomic mass is 10.2. The van der Waals surface area contributed by atoms with Crippen LogP contribution in [0, 0.1) is 10.1 Å². The molecule has 3 rings (SSSR count). The van der Waals surface area contributed by atoms with Crippen LogP contribution in [-0.4, -0.2) is 24.0 Å². The Hall–Kier alpha value is -3.58. The Bertz CT molecular complexity index is 1010. The first-order chi connectivity index (χ1) is 14.0. The standard InChI is InChI=1S/C21H17ClN2O5/c22-15-10-11-20(18(14-15)24(26)27)29-19-9-5-4-8-17(19)21(25)23-12-13-28-16-6-2-1-3-7-16/h1-11,14H,12-13H2,(H,23,25). The molecule has 0 saturated heterocycles. The molecule has 0 fully saturated rings.